The van der Waals surface area contributed by atoms with Crippen molar-refractivity contribution >= 4 is 10.9 Å². The zero-order valence-electron chi connectivity index (χ0n) is 18.5. The maximum Gasteiger partial charge on any atom is 0.0991 e. The summed E-state index contributed by atoms with van der Waals surface area (Å²) in [4.78, 5) is 7.35. The normalized spacial score (nSPS) is 16.5. The van der Waals surface area contributed by atoms with Gasteiger partial charge in [0.25, 0.3) is 0 Å². The molecule has 5 nitrogen and oxygen atoms in total. The minimum absolute atomic E-state index is 0.272. The minimum atomic E-state index is 0.272. The van der Waals surface area contributed by atoms with E-state index in [9.17, 15) is 5.26 Å². The van der Waals surface area contributed by atoms with Crippen LogP contribution in [0.4, 0.5) is 0 Å². The van der Waals surface area contributed by atoms with Gasteiger partial charge in [-0.15, -0.1) is 0 Å². The fourth-order valence-corrected chi connectivity index (χ4v) is 4.67. The van der Waals surface area contributed by atoms with Crippen molar-refractivity contribution in [2.24, 2.45) is 12.8 Å². The molecule has 1 saturated heterocycles. The van der Waals surface area contributed by atoms with Crippen LogP contribution in [0.5, 0.6) is 0 Å². The lowest BCUT2D eigenvalue weighted by molar-refractivity contribution is 0.319. The predicted molar refractivity (Wildman–Crippen MR) is 129 cm³/mol. The van der Waals surface area contributed by atoms with Crippen LogP contribution in [0.2, 0.25) is 0 Å². The monoisotopic (exact) mass is 421 g/mol. The van der Waals surface area contributed by atoms with Crippen LogP contribution in [0.15, 0.2) is 60.8 Å². The topological polar surface area (TPSA) is 70.9 Å². The first kappa shape index (κ1) is 20.4. The highest BCUT2D eigenvalue weighted by molar-refractivity contribution is 6.02. The number of likely N-dealkylation sites (tertiary alicyclic amines) is 1. The Balaban J connectivity index is 1.69. The molecule has 2 N–H and O–H groups in total. The molecule has 0 radical (unpaired) electrons. The van der Waals surface area contributed by atoms with Gasteiger partial charge in [0.05, 0.1) is 29.0 Å². The first-order chi connectivity index (χ1) is 15.5. The number of aryl methyl sites for hydroxylation is 2. The Morgan fingerprint density at radius 1 is 1.09 bits per heavy atom. The van der Waals surface area contributed by atoms with Crippen molar-refractivity contribution in [3.63, 3.8) is 0 Å². The fourth-order valence-electron chi connectivity index (χ4n) is 4.67. The number of nitriles is 1. The van der Waals surface area contributed by atoms with E-state index in [1.165, 1.54) is 16.6 Å². The van der Waals surface area contributed by atoms with Crippen LogP contribution in [0.25, 0.3) is 33.3 Å². The second-order valence-corrected chi connectivity index (χ2v) is 8.81. The molecule has 2 aromatic carbocycles. The van der Waals surface area contributed by atoms with Crippen molar-refractivity contribution in [2.75, 3.05) is 13.1 Å². The zero-order chi connectivity index (χ0) is 22.2. The summed E-state index contributed by atoms with van der Waals surface area (Å²) in [5, 5.41) is 10.4. The van der Waals surface area contributed by atoms with E-state index in [0.717, 1.165) is 54.0 Å². The Labute approximate surface area is 188 Å². The van der Waals surface area contributed by atoms with Gasteiger partial charge in [0.1, 0.15) is 0 Å². The van der Waals surface area contributed by atoms with Gasteiger partial charge in [-0.25, -0.2) is 0 Å². The van der Waals surface area contributed by atoms with Crippen LogP contribution in [0, 0.1) is 18.3 Å². The molecule has 0 aliphatic carbocycles. The van der Waals surface area contributed by atoms with Gasteiger partial charge < -0.3 is 10.3 Å². The van der Waals surface area contributed by atoms with E-state index >= 15 is 0 Å². The standard InChI is InChI=1S/C27H27N5/c1-18-3-7-21(8-4-18)27-26(20-9-5-19(14-28)6-10-20)24-13-23(31(2)25(24)15-30-27)17-32-12-11-22(29)16-32/h3-10,13,15,22H,11-12,16-17,29H2,1-2H3/t22-/m1/s1. The number of rotatable bonds is 4. The van der Waals surface area contributed by atoms with Crippen LogP contribution in [-0.4, -0.2) is 33.6 Å². The maximum absolute atomic E-state index is 9.24. The third-order valence-electron chi connectivity index (χ3n) is 6.52. The van der Waals surface area contributed by atoms with E-state index in [0.29, 0.717) is 5.56 Å². The minimum Gasteiger partial charge on any atom is -0.345 e. The maximum atomic E-state index is 9.24. The lowest BCUT2D eigenvalue weighted by Crippen LogP contribution is -2.26. The van der Waals surface area contributed by atoms with E-state index in [-0.39, 0.29) is 6.04 Å². The molecule has 1 fully saturated rings. The first-order valence-corrected chi connectivity index (χ1v) is 11.1. The third kappa shape index (κ3) is 3.69. The molecule has 0 bridgehead atoms. The Kier molecular flexibility index (Phi) is 5.26. The van der Waals surface area contributed by atoms with E-state index in [1.807, 2.05) is 30.5 Å². The molecule has 32 heavy (non-hydrogen) atoms. The average Bonchev–Trinajstić information content (AvgIpc) is 3.36. The largest absolute Gasteiger partial charge is 0.345 e. The summed E-state index contributed by atoms with van der Waals surface area (Å²) >= 11 is 0. The molecule has 2 aromatic heterocycles. The van der Waals surface area contributed by atoms with Crippen LogP contribution in [0.1, 0.15) is 23.2 Å². The van der Waals surface area contributed by atoms with Gasteiger partial charge in [-0.3, -0.25) is 9.88 Å². The highest BCUT2D eigenvalue weighted by Gasteiger charge is 2.22. The molecular formula is C27H27N5. The number of pyridine rings is 1. The van der Waals surface area contributed by atoms with Gasteiger partial charge in [0.15, 0.2) is 0 Å². The molecule has 4 aromatic rings. The Hall–Kier alpha value is -3.46. The smallest absolute Gasteiger partial charge is 0.0991 e. The van der Waals surface area contributed by atoms with Crippen LogP contribution in [0.3, 0.4) is 0 Å². The number of hydrogen-bond acceptors (Lipinski definition) is 4. The highest BCUT2D eigenvalue weighted by Crippen LogP contribution is 2.38. The molecule has 1 aliphatic heterocycles. The molecule has 0 unspecified atom stereocenters. The van der Waals surface area contributed by atoms with E-state index in [1.54, 1.807) is 0 Å². The number of nitrogens with zero attached hydrogens (tertiary/aromatic N) is 4. The number of benzene rings is 2. The van der Waals surface area contributed by atoms with Crippen molar-refractivity contribution in [1.82, 2.24) is 14.5 Å². The molecule has 5 rings (SSSR count). The summed E-state index contributed by atoms with van der Waals surface area (Å²) < 4.78 is 2.25. The number of hydrogen-bond donors (Lipinski definition) is 1. The molecule has 1 aliphatic rings. The van der Waals surface area contributed by atoms with Crippen LogP contribution < -0.4 is 5.73 Å². The molecule has 1 atom stereocenters. The summed E-state index contributed by atoms with van der Waals surface area (Å²) in [5.41, 5.74) is 14.6. The fraction of sp³-hybridized carbons (Fsp3) is 0.259. The molecule has 3 heterocycles. The van der Waals surface area contributed by atoms with Gasteiger partial charge in [0, 0.05) is 54.9 Å². The number of fused-ring (bicyclic) bond motifs is 1. The van der Waals surface area contributed by atoms with Crippen molar-refractivity contribution in [3.05, 3.63) is 77.6 Å². The van der Waals surface area contributed by atoms with Crippen molar-refractivity contribution < 1.29 is 0 Å². The molecular weight excluding hydrogens is 394 g/mol. The molecule has 0 saturated carbocycles. The third-order valence-corrected chi connectivity index (χ3v) is 6.52. The molecule has 0 amide bonds. The Morgan fingerprint density at radius 3 is 2.47 bits per heavy atom. The van der Waals surface area contributed by atoms with Gasteiger partial charge in [-0.1, -0.05) is 42.0 Å². The average molecular weight is 422 g/mol. The molecule has 5 heteroatoms. The lowest BCUT2D eigenvalue weighted by Gasteiger charge is -2.15. The lowest BCUT2D eigenvalue weighted by atomic mass is 9.95. The summed E-state index contributed by atoms with van der Waals surface area (Å²) in [6.07, 6.45) is 3.04. The first-order valence-electron chi connectivity index (χ1n) is 11.1. The summed E-state index contributed by atoms with van der Waals surface area (Å²) in [5.74, 6) is 0. The van der Waals surface area contributed by atoms with Gasteiger partial charge in [-0.05, 0) is 37.1 Å². The zero-order valence-corrected chi connectivity index (χ0v) is 18.5. The second-order valence-electron chi connectivity index (χ2n) is 8.81. The van der Waals surface area contributed by atoms with Gasteiger partial charge in [0.2, 0.25) is 0 Å². The summed E-state index contributed by atoms with van der Waals surface area (Å²) in [6, 6.07) is 21.1. The predicted octanol–water partition coefficient (Wildman–Crippen LogP) is 4.62. The number of aromatic nitrogens is 2. The summed E-state index contributed by atoms with van der Waals surface area (Å²) in [7, 11) is 2.11. The van der Waals surface area contributed by atoms with Crippen molar-refractivity contribution in [3.8, 4) is 28.5 Å². The highest BCUT2D eigenvalue weighted by atomic mass is 15.2. The van der Waals surface area contributed by atoms with Gasteiger partial charge >= 0.3 is 0 Å². The van der Waals surface area contributed by atoms with Crippen molar-refractivity contribution in [1.29, 1.82) is 5.26 Å². The van der Waals surface area contributed by atoms with Crippen LogP contribution >= 0.6 is 0 Å². The molecule has 160 valence electrons. The summed E-state index contributed by atoms with van der Waals surface area (Å²) in [6.45, 7) is 4.95. The quantitative estimate of drug-likeness (QED) is 0.522. The van der Waals surface area contributed by atoms with Crippen LogP contribution in [-0.2, 0) is 13.6 Å². The SMILES string of the molecule is Cc1ccc(-c2ncc3c(cc(CN4CC[C@@H](N)C4)n3C)c2-c2ccc(C#N)cc2)cc1. The van der Waals surface area contributed by atoms with E-state index in [4.69, 9.17) is 10.7 Å². The number of nitrogens with two attached hydrogens (primary N) is 1. The molecule has 0 spiro atoms. The van der Waals surface area contributed by atoms with Crippen molar-refractivity contribution in [2.45, 2.75) is 25.9 Å². The Morgan fingerprint density at radius 2 is 1.81 bits per heavy atom. The van der Waals surface area contributed by atoms with E-state index in [2.05, 4.69) is 59.8 Å². The van der Waals surface area contributed by atoms with Gasteiger partial charge in [-0.2, -0.15) is 5.26 Å². The van der Waals surface area contributed by atoms with E-state index < -0.39 is 0 Å². The Bertz CT molecular complexity index is 1310. The second kappa shape index (κ2) is 8.23.